The molecule has 33 heavy (non-hydrogen) atoms. The fraction of sp³-hybridized carbons (Fsp3) is 0.208. The number of fused-ring (bicyclic) bond motifs is 1. The summed E-state index contributed by atoms with van der Waals surface area (Å²) in [5.41, 5.74) is 2.97. The van der Waals surface area contributed by atoms with Crippen molar-refractivity contribution in [2.45, 2.75) is 18.2 Å². The second-order valence-electron chi connectivity index (χ2n) is 7.58. The van der Waals surface area contributed by atoms with Crippen LogP contribution < -0.4 is 14.4 Å². The molecule has 0 bridgehead atoms. The number of benzene rings is 2. The van der Waals surface area contributed by atoms with Crippen LogP contribution in [0.2, 0.25) is 5.02 Å². The van der Waals surface area contributed by atoms with Crippen LogP contribution in [0.25, 0.3) is 0 Å². The lowest BCUT2D eigenvalue weighted by atomic mass is 9.98. The Balaban J connectivity index is 1.52. The summed E-state index contributed by atoms with van der Waals surface area (Å²) in [7, 11) is 1.69. The summed E-state index contributed by atoms with van der Waals surface area (Å²) in [5.74, 6) is -0.0663. The topological polar surface area (TPSA) is 88.6 Å². The maximum absolute atomic E-state index is 13.3. The van der Waals surface area contributed by atoms with Crippen molar-refractivity contribution in [2.75, 3.05) is 18.5 Å². The van der Waals surface area contributed by atoms with Gasteiger partial charge < -0.3 is 10.1 Å². The molecule has 2 atom stereocenters. The van der Waals surface area contributed by atoms with Crippen LogP contribution in [0.3, 0.4) is 0 Å². The standard InChI is InChI=1S/C24H22ClN3O4S/c1-28-20-9-6-17(24(30)27-14-16-5-10-22(32-2)26-13-16)12-19(20)23(29)21(33(28)31)11-15-3-7-18(25)8-4-15/h3-10,12-13,21H,11,14H2,1-2H3,(H,27,30). The van der Waals surface area contributed by atoms with Crippen LogP contribution in [0.15, 0.2) is 60.8 Å². The summed E-state index contributed by atoms with van der Waals surface area (Å²) >= 11 is 5.95. The molecule has 0 fully saturated rings. The van der Waals surface area contributed by atoms with Gasteiger partial charge in [-0.2, -0.15) is 0 Å². The highest BCUT2D eigenvalue weighted by molar-refractivity contribution is 7.88. The summed E-state index contributed by atoms with van der Waals surface area (Å²) < 4.78 is 19.6. The van der Waals surface area contributed by atoms with Crippen molar-refractivity contribution in [2.24, 2.45) is 0 Å². The molecule has 2 heterocycles. The molecule has 2 aromatic carbocycles. The molecular formula is C24H22ClN3O4S. The molecule has 1 N–H and O–H groups in total. The van der Waals surface area contributed by atoms with E-state index in [0.717, 1.165) is 11.1 Å². The number of nitrogens with one attached hydrogen (secondary N) is 1. The molecule has 2 unspecified atom stereocenters. The van der Waals surface area contributed by atoms with Gasteiger partial charge in [-0.05, 0) is 47.9 Å². The first-order valence-electron chi connectivity index (χ1n) is 10.2. The SMILES string of the molecule is COc1ccc(CNC(=O)c2ccc3c(c2)C(=O)C(Cc2ccc(Cl)cc2)S(=O)N3C)cn1. The molecule has 3 aromatic rings. The number of nitrogens with zero attached hydrogens (tertiary/aromatic N) is 2. The van der Waals surface area contributed by atoms with Crippen LogP contribution in [-0.2, 0) is 24.0 Å². The van der Waals surface area contributed by atoms with E-state index in [1.807, 2.05) is 18.2 Å². The largest absolute Gasteiger partial charge is 0.481 e. The van der Waals surface area contributed by atoms with E-state index in [-0.39, 0.29) is 18.2 Å². The normalized spacial score (nSPS) is 17.4. The predicted molar refractivity (Wildman–Crippen MR) is 128 cm³/mol. The Bertz CT molecular complexity index is 1220. The number of Topliss-reactive ketones (excluding diaryl/α,β-unsaturated/α-hetero) is 1. The highest BCUT2D eigenvalue weighted by Crippen LogP contribution is 2.32. The fourth-order valence-corrected chi connectivity index (χ4v) is 5.13. The van der Waals surface area contributed by atoms with E-state index in [0.29, 0.717) is 34.1 Å². The molecule has 4 rings (SSSR count). The van der Waals surface area contributed by atoms with E-state index in [9.17, 15) is 13.8 Å². The Morgan fingerprint density at radius 3 is 2.55 bits per heavy atom. The van der Waals surface area contributed by atoms with Gasteiger partial charge in [0.15, 0.2) is 5.78 Å². The van der Waals surface area contributed by atoms with Crippen molar-refractivity contribution in [3.63, 3.8) is 0 Å². The molecule has 0 saturated carbocycles. The number of ether oxygens (including phenoxy) is 1. The van der Waals surface area contributed by atoms with E-state index < -0.39 is 16.2 Å². The van der Waals surface area contributed by atoms with Gasteiger partial charge in [0.05, 0.1) is 12.8 Å². The first-order valence-corrected chi connectivity index (χ1v) is 11.8. The van der Waals surface area contributed by atoms with Crippen LogP contribution in [-0.4, -0.2) is 40.3 Å². The second-order valence-corrected chi connectivity index (χ2v) is 9.69. The lowest BCUT2D eigenvalue weighted by Gasteiger charge is -2.31. The zero-order valence-electron chi connectivity index (χ0n) is 18.1. The molecule has 1 aliphatic heterocycles. The molecule has 0 radical (unpaired) electrons. The third-order valence-corrected chi connectivity index (χ3v) is 7.32. The molecule has 0 spiro atoms. The first-order chi connectivity index (χ1) is 15.9. The number of aromatic nitrogens is 1. The molecule has 1 amide bonds. The van der Waals surface area contributed by atoms with Gasteiger partial charge >= 0.3 is 0 Å². The number of anilines is 1. The molecule has 9 heteroatoms. The smallest absolute Gasteiger partial charge is 0.251 e. The average Bonchev–Trinajstić information content (AvgIpc) is 2.85. The third-order valence-electron chi connectivity index (χ3n) is 5.46. The van der Waals surface area contributed by atoms with Crippen LogP contribution in [0.1, 0.15) is 31.8 Å². The Labute approximate surface area is 199 Å². The molecule has 1 aromatic heterocycles. The van der Waals surface area contributed by atoms with Crippen LogP contribution in [0, 0.1) is 0 Å². The number of carbonyl (C=O) groups is 2. The fourth-order valence-electron chi connectivity index (χ4n) is 3.62. The number of methoxy groups -OCH3 is 1. The van der Waals surface area contributed by atoms with Gasteiger partial charge in [0, 0.05) is 42.0 Å². The minimum Gasteiger partial charge on any atom is -0.481 e. The number of hydrogen-bond donors (Lipinski definition) is 1. The minimum atomic E-state index is -1.54. The lowest BCUT2D eigenvalue weighted by Crippen LogP contribution is -2.42. The van der Waals surface area contributed by atoms with Gasteiger partial charge in [0.2, 0.25) is 5.88 Å². The zero-order chi connectivity index (χ0) is 23.5. The Kier molecular flexibility index (Phi) is 6.76. The summed E-state index contributed by atoms with van der Waals surface area (Å²) in [6.45, 7) is 0.282. The number of rotatable bonds is 6. The predicted octanol–water partition coefficient (Wildman–Crippen LogP) is 3.58. The van der Waals surface area contributed by atoms with Crippen molar-refractivity contribution >= 4 is 40.0 Å². The maximum Gasteiger partial charge on any atom is 0.251 e. The van der Waals surface area contributed by atoms with E-state index in [4.69, 9.17) is 16.3 Å². The van der Waals surface area contributed by atoms with E-state index in [1.165, 1.54) is 7.11 Å². The Hall–Kier alpha value is -3.23. The van der Waals surface area contributed by atoms with Gasteiger partial charge in [-0.3, -0.25) is 13.9 Å². The van der Waals surface area contributed by atoms with Crippen molar-refractivity contribution in [3.8, 4) is 5.88 Å². The number of pyridine rings is 1. The quantitative estimate of drug-likeness (QED) is 0.579. The van der Waals surface area contributed by atoms with Crippen molar-refractivity contribution < 1.29 is 18.5 Å². The van der Waals surface area contributed by atoms with Crippen molar-refractivity contribution in [1.82, 2.24) is 10.3 Å². The minimum absolute atomic E-state index is 0.245. The molecule has 1 aliphatic rings. The molecule has 7 nitrogen and oxygen atoms in total. The number of carbonyl (C=O) groups excluding carboxylic acids is 2. The van der Waals surface area contributed by atoms with E-state index in [2.05, 4.69) is 10.3 Å². The summed E-state index contributed by atoms with van der Waals surface area (Å²) in [6, 6.07) is 15.5. The van der Waals surface area contributed by atoms with Gasteiger partial charge in [0.25, 0.3) is 5.91 Å². The molecular weight excluding hydrogens is 462 g/mol. The lowest BCUT2D eigenvalue weighted by molar-refractivity contribution is 0.0951. The van der Waals surface area contributed by atoms with Crippen LogP contribution >= 0.6 is 11.6 Å². The van der Waals surface area contributed by atoms with Gasteiger partial charge in [-0.25, -0.2) is 9.19 Å². The summed E-state index contributed by atoms with van der Waals surface area (Å²) in [5, 5.41) is 2.69. The van der Waals surface area contributed by atoms with Gasteiger partial charge in [-0.15, -0.1) is 0 Å². The first kappa shape index (κ1) is 22.9. The third kappa shape index (κ3) is 4.91. The van der Waals surface area contributed by atoms with Gasteiger partial charge in [0.1, 0.15) is 16.2 Å². The van der Waals surface area contributed by atoms with Crippen molar-refractivity contribution in [1.29, 1.82) is 0 Å². The number of halogens is 1. The van der Waals surface area contributed by atoms with Crippen LogP contribution in [0.5, 0.6) is 5.88 Å². The summed E-state index contributed by atoms with van der Waals surface area (Å²) in [6.07, 6.45) is 1.94. The van der Waals surface area contributed by atoms with E-state index >= 15 is 0 Å². The van der Waals surface area contributed by atoms with E-state index in [1.54, 1.807) is 53.9 Å². The molecule has 0 saturated heterocycles. The Morgan fingerprint density at radius 1 is 1.15 bits per heavy atom. The average molecular weight is 484 g/mol. The Morgan fingerprint density at radius 2 is 1.88 bits per heavy atom. The molecule has 0 aliphatic carbocycles. The monoisotopic (exact) mass is 483 g/mol. The van der Waals surface area contributed by atoms with Crippen molar-refractivity contribution in [3.05, 3.63) is 88.1 Å². The number of hydrogen-bond acceptors (Lipinski definition) is 5. The van der Waals surface area contributed by atoms with Crippen LogP contribution in [0.4, 0.5) is 5.69 Å². The van der Waals surface area contributed by atoms with Gasteiger partial charge in [-0.1, -0.05) is 29.8 Å². The molecule has 170 valence electrons. The maximum atomic E-state index is 13.3. The highest BCUT2D eigenvalue weighted by Gasteiger charge is 2.37. The summed E-state index contributed by atoms with van der Waals surface area (Å²) in [4.78, 5) is 30.1. The zero-order valence-corrected chi connectivity index (χ0v) is 19.7. The second kappa shape index (κ2) is 9.72. The highest BCUT2D eigenvalue weighted by atomic mass is 35.5. The number of ketones is 1. The number of amides is 1.